The number of rotatable bonds is 7. The summed E-state index contributed by atoms with van der Waals surface area (Å²) in [5.74, 6) is 1.17. The summed E-state index contributed by atoms with van der Waals surface area (Å²) in [6, 6.07) is 16.3. The number of benzene rings is 2. The number of likely N-dealkylation sites (N-methyl/N-ethyl adjacent to an activating group) is 1. The first-order valence-electron chi connectivity index (χ1n) is 9.66. The van der Waals surface area contributed by atoms with Crippen LogP contribution in [0.1, 0.15) is 37.8 Å². The summed E-state index contributed by atoms with van der Waals surface area (Å²) in [5.41, 5.74) is 2.71. The third-order valence-corrected chi connectivity index (χ3v) is 6.20. The smallest absolute Gasteiger partial charge is 0.237 e. The molecule has 1 unspecified atom stereocenters. The maximum absolute atomic E-state index is 13.5. The lowest BCUT2D eigenvalue weighted by atomic mass is 9.65. The first-order valence-corrected chi connectivity index (χ1v) is 10.8. The molecule has 4 heteroatoms. The van der Waals surface area contributed by atoms with Crippen LogP contribution in [0.25, 0.3) is 0 Å². The molecule has 1 amide bonds. The summed E-state index contributed by atoms with van der Waals surface area (Å²) >= 11 is 3.45. The Morgan fingerprint density at radius 1 is 1.15 bits per heavy atom. The van der Waals surface area contributed by atoms with Crippen LogP contribution in [0.2, 0.25) is 0 Å². The molecule has 0 saturated heterocycles. The van der Waals surface area contributed by atoms with Gasteiger partial charge in [-0.25, -0.2) is 0 Å². The highest BCUT2D eigenvalue weighted by Gasteiger charge is 2.48. The van der Waals surface area contributed by atoms with E-state index in [0.717, 1.165) is 41.6 Å². The highest BCUT2D eigenvalue weighted by atomic mass is 79.9. The van der Waals surface area contributed by atoms with Gasteiger partial charge in [0.15, 0.2) is 0 Å². The van der Waals surface area contributed by atoms with Crippen molar-refractivity contribution in [2.75, 3.05) is 23.9 Å². The van der Waals surface area contributed by atoms with Crippen molar-refractivity contribution in [3.63, 3.8) is 0 Å². The standard InChI is InChI=1S/C23H28BrNO2/c1-17(2)23(16-18-9-4-5-12-21(18)25(3)22(23)26)19-10-8-11-20(15-19)27-14-7-6-13-24/h4-5,8-12,15,17H,6-7,13-14,16H2,1-3H3. The third-order valence-electron chi connectivity index (χ3n) is 5.64. The molecule has 1 aliphatic heterocycles. The van der Waals surface area contributed by atoms with E-state index in [0.29, 0.717) is 6.61 Å². The van der Waals surface area contributed by atoms with Crippen molar-refractivity contribution in [3.8, 4) is 5.75 Å². The summed E-state index contributed by atoms with van der Waals surface area (Å²) in [6.07, 6.45) is 2.83. The summed E-state index contributed by atoms with van der Waals surface area (Å²) < 4.78 is 5.95. The van der Waals surface area contributed by atoms with Gasteiger partial charge in [-0.2, -0.15) is 0 Å². The molecule has 0 saturated carbocycles. The molecule has 2 aromatic carbocycles. The Morgan fingerprint density at radius 2 is 1.93 bits per heavy atom. The molecule has 144 valence electrons. The third kappa shape index (κ3) is 3.77. The molecule has 0 aliphatic carbocycles. The van der Waals surface area contributed by atoms with Crippen LogP contribution in [0.5, 0.6) is 5.75 Å². The zero-order valence-corrected chi connectivity index (χ0v) is 18.0. The molecule has 0 aromatic heterocycles. The van der Waals surface area contributed by atoms with E-state index in [9.17, 15) is 4.79 Å². The van der Waals surface area contributed by atoms with Gasteiger partial charge in [-0.05, 0) is 54.5 Å². The van der Waals surface area contributed by atoms with Gasteiger partial charge in [0.2, 0.25) is 5.91 Å². The van der Waals surface area contributed by atoms with Crippen molar-refractivity contribution in [2.24, 2.45) is 5.92 Å². The van der Waals surface area contributed by atoms with Gasteiger partial charge < -0.3 is 9.64 Å². The number of ether oxygens (including phenoxy) is 1. The largest absolute Gasteiger partial charge is 0.494 e. The average molecular weight is 430 g/mol. The lowest BCUT2D eigenvalue weighted by Gasteiger charge is -2.44. The molecule has 1 atom stereocenters. The van der Waals surface area contributed by atoms with E-state index < -0.39 is 5.41 Å². The van der Waals surface area contributed by atoms with Gasteiger partial charge in [-0.15, -0.1) is 0 Å². The molecule has 1 heterocycles. The second kappa shape index (κ2) is 8.47. The fourth-order valence-corrected chi connectivity index (χ4v) is 4.43. The summed E-state index contributed by atoms with van der Waals surface area (Å²) in [4.78, 5) is 15.4. The number of para-hydroxylation sites is 1. The Kier molecular flexibility index (Phi) is 6.25. The fourth-order valence-electron chi connectivity index (χ4n) is 4.03. The summed E-state index contributed by atoms with van der Waals surface area (Å²) in [7, 11) is 1.89. The molecule has 0 spiro atoms. The highest BCUT2D eigenvalue weighted by Crippen LogP contribution is 2.44. The second-order valence-electron chi connectivity index (χ2n) is 7.57. The number of fused-ring (bicyclic) bond motifs is 1. The van der Waals surface area contributed by atoms with Crippen molar-refractivity contribution in [2.45, 2.75) is 38.5 Å². The van der Waals surface area contributed by atoms with Crippen molar-refractivity contribution in [3.05, 3.63) is 59.7 Å². The van der Waals surface area contributed by atoms with Gasteiger partial charge >= 0.3 is 0 Å². The number of carbonyl (C=O) groups excluding carboxylic acids is 1. The van der Waals surface area contributed by atoms with Gasteiger partial charge in [0, 0.05) is 18.1 Å². The lowest BCUT2D eigenvalue weighted by molar-refractivity contribution is -0.126. The van der Waals surface area contributed by atoms with Gasteiger partial charge in [0.1, 0.15) is 5.75 Å². The van der Waals surface area contributed by atoms with Crippen molar-refractivity contribution in [1.82, 2.24) is 0 Å². The lowest BCUT2D eigenvalue weighted by Crippen LogP contribution is -2.53. The van der Waals surface area contributed by atoms with Crippen LogP contribution in [-0.2, 0) is 16.6 Å². The molecular weight excluding hydrogens is 402 g/mol. The molecule has 0 radical (unpaired) electrons. The van der Waals surface area contributed by atoms with Gasteiger partial charge in [-0.1, -0.05) is 60.1 Å². The maximum Gasteiger partial charge on any atom is 0.237 e. The van der Waals surface area contributed by atoms with Crippen LogP contribution in [-0.4, -0.2) is 24.9 Å². The molecule has 0 fully saturated rings. The zero-order chi connectivity index (χ0) is 19.4. The minimum atomic E-state index is -0.571. The van der Waals surface area contributed by atoms with E-state index in [2.05, 4.69) is 54.0 Å². The van der Waals surface area contributed by atoms with Crippen molar-refractivity contribution < 1.29 is 9.53 Å². The van der Waals surface area contributed by atoms with Gasteiger partial charge in [-0.3, -0.25) is 4.79 Å². The van der Waals surface area contributed by atoms with E-state index in [-0.39, 0.29) is 11.8 Å². The van der Waals surface area contributed by atoms with Crippen LogP contribution in [0.4, 0.5) is 5.69 Å². The number of hydrogen-bond acceptors (Lipinski definition) is 2. The van der Waals surface area contributed by atoms with E-state index in [4.69, 9.17) is 4.74 Å². The van der Waals surface area contributed by atoms with E-state index in [1.54, 1.807) is 0 Å². The molecule has 2 aromatic rings. The maximum atomic E-state index is 13.5. The number of alkyl halides is 1. The Labute approximate surface area is 170 Å². The molecule has 0 bridgehead atoms. The van der Waals surface area contributed by atoms with E-state index in [1.807, 2.05) is 36.2 Å². The van der Waals surface area contributed by atoms with Gasteiger partial charge in [0.05, 0.1) is 12.0 Å². The second-order valence-corrected chi connectivity index (χ2v) is 8.36. The number of halogens is 1. The normalized spacial score (nSPS) is 19.3. The van der Waals surface area contributed by atoms with Crippen LogP contribution in [0.3, 0.4) is 0 Å². The number of nitrogens with zero attached hydrogens (tertiary/aromatic N) is 1. The Hall–Kier alpha value is -1.81. The number of unbranched alkanes of at least 4 members (excludes halogenated alkanes) is 1. The molecule has 27 heavy (non-hydrogen) atoms. The van der Waals surface area contributed by atoms with Crippen LogP contribution in [0, 0.1) is 5.92 Å². The van der Waals surface area contributed by atoms with Crippen LogP contribution in [0.15, 0.2) is 48.5 Å². The average Bonchev–Trinajstić information content (AvgIpc) is 2.68. The molecule has 3 rings (SSSR count). The monoisotopic (exact) mass is 429 g/mol. The number of amides is 1. The van der Waals surface area contributed by atoms with Gasteiger partial charge in [0.25, 0.3) is 0 Å². The summed E-state index contributed by atoms with van der Waals surface area (Å²) in [6.45, 7) is 4.98. The minimum Gasteiger partial charge on any atom is -0.494 e. The predicted molar refractivity (Wildman–Crippen MR) is 115 cm³/mol. The first-order chi connectivity index (χ1) is 13.0. The predicted octanol–water partition coefficient (Wildman–Crippen LogP) is 5.35. The fraction of sp³-hybridized carbons (Fsp3) is 0.435. The topological polar surface area (TPSA) is 29.5 Å². The van der Waals surface area contributed by atoms with Crippen LogP contribution < -0.4 is 9.64 Å². The van der Waals surface area contributed by atoms with E-state index >= 15 is 0 Å². The van der Waals surface area contributed by atoms with E-state index in [1.165, 1.54) is 5.56 Å². The molecule has 3 nitrogen and oxygen atoms in total. The highest BCUT2D eigenvalue weighted by molar-refractivity contribution is 9.09. The quantitative estimate of drug-likeness (QED) is 0.438. The Bertz CT molecular complexity index is 804. The Morgan fingerprint density at radius 3 is 2.67 bits per heavy atom. The van der Waals surface area contributed by atoms with Crippen LogP contribution >= 0.6 is 15.9 Å². The molecular formula is C23H28BrNO2. The van der Waals surface area contributed by atoms with Crippen molar-refractivity contribution in [1.29, 1.82) is 0 Å². The Balaban J connectivity index is 1.97. The number of hydrogen-bond donors (Lipinski definition) is 0. The SMILES string of the molecule is CC(C)C1(c2cccc(OCCCCBr)c2)Cc2ccccc2N(C)C1=O. The number of carbonyl (C=O) groups is 1. The zero-order valence-electron chi connectivity index (χ0n) is 16.4. The number of anilines is 1. The first kappa shape index (κ1) is 19.9. The summed E-state index contributed by atoms with van der Waals surface area (Å²) in [5, 5.41) is 0.993. The molecule has 0 N–H and O–H groups in total. The minimum absolute atomic E-state index is 0.160. The molecule has 1 aliphatic rings. The van der Waals surface area contributed by atoms with Crippen molar-refractivity contribution >= 4 is 27.5 Å².